The van der Waals surface area contributed by atoms with Crippen LogP contribution < -0.4 is 0 Å². The fourth-order valence-corrected chi connectivity index (χ4v) is 3.89. The summed E-state index contributed by atoms with van der Waals surface area (Å²) in [5.41, 5.74) is 3.44. The zero-order chi connectivity index (χ0) is 23.2. The van der Waals surface area contributed by atoms with Crippen LogP contribution in [0.5, 0.6) is 0 Å². The van der Waals surface area contributed by atoms with Gasteiger partial charge in [0.15, 0.2) is 0 Å². The molecule has 0 aliphatic heterocycles. The summed E-state index contributed by atoms with van der Waals surface area (Å²) in [4.78, 5) is 13.7. The van der Waals surface area contributed by atoms with Crippen LogP contribution in [0.1, 0.15) is 30.2 Å². The molecular weight excluding hydrogens is 445 g/mol. The number of rotatable bonds is 9. The first-order valence-electron chi connectivity index (χ1n) is 10.1. The van der Waals surface area contributed by atoms with Crippen molar-refractivity contribution in [2.75, 3.05) is 5.75 Å². The molecule has 0 atom stereocenters. The van der Waals surface area contributed by atoms with Gasteiger partial charge in [0, 0.05) is 23.7 Å². The molecule has 2 aromatic heterocycles. The van der Waals surface area contributed by atoms with Gasteiger partial charge in [-0.3, -0.25) is 15.0 Å². The largest absolute Gasteiger partial charge is 0.453 e. The van der Waals surface area contributed by atoms with Crippen LogP contribution in [0, 0.1) is 0 Å². The van der Waals surface area contributed by atoms with Crippen molar-refractivity contribution in [3.63, 3.8) is 0 Å². The van der Waals surface area contributed by atoms with Crippen molar-refractivity contribution in [1.29, 1.82) is 0 Å². The van der Waals surface area contributed by atoms with Crippen molar-refractivity contribution in [2.24, 2.45) is 0 Å². The Kier molecular flexibility index (Phi) is 7.82. The molecule has 9 heteroatoms. The van der Waals surface area contributed by atoms with E-state index in [-0.39, 0.29) is 5.69 Å². The Hall–Kier alpha value is -2.55. The zero-order valence-electron chi connectivity index (χ0n) is 17.4. The van der Waals surface area contributed by atoms with Gasteiger partial charge in [-0.05, 0) is 42.2 Å². The van der Waals surface area contributed by atoms with Crippen LogP contribution in [-0.4, -0.2) is 32.8 Å². The summed E-state index contributed by atoms with van der Waals surface area (Å²) in [6.45, 7) is 2.01. The number of alkyl halides is 5. The maximum absolute atomic E-state index is 13.1. The lowest BCUT2D eigenvalue weighted by Gasteiger charge is -2.19. The summed E-state index contributed by atoms with van der Waals surface area (Å²) in [6.07, 6.45) is -1.38. The number of aromatic nitrogens is 3. The van der Waals surface area contributed by atoms with E-state index in [9.17, 15) is 22.0 Å². The smallest absolute Gasteiger partial charge is 0.257 e. The molecular formula is C23H22F5N3S. The monoisotopic (exact) mass is 467 g/mol. The highest BCUT2D eigenvalue weighted by atomic mass is 32.2. The molecule has 0 amide bonds. The van der Waals surface area contributed by atoms with Gasteiger partial charge in [-0.25, -0.2) is 0 Å². The van der Waals surface area contributed by atoms with Gasteiger partial charge in [0.25, 0.3) is 0 Å². The van der Waals surface area contributed by atoms with Crippen LogP contribution in [0.3, 0.4) is 0 Å². The number of aryl methyl sites for hydroxylation is 3. The van der Waals surface area contributed by atoms with Crippen molar-refractivity contribution in [3.05, 3.63) is 71.8 Å². The molecule has 1 aromatic carbocycles. The molecule has 0 N–H and O–H groups in total. The predicted octanol–water partition coefficient (Wildman–Crippen LogP) is 6.57. The van der Waals surface area contributed by atoms with E-state index in [1.807, 2.05) is 25.1 Å². The molecule has 0 bridgehead atoms. The summed E-state index contributed by atoms with van der Waals surface area (Å²) in [5.74, 6) is -3.94. The highest BCUT2D eigenvalue weighted by Gasteiger charge is 2.56. The summed E-state index contributed by atoms with van der Waals surface area (Å²) in [7, 11) is 0. The van der Waals surface area contributed by atoms with Gasteiger partial charge in [0.05, 0.1) is 11.9 Å². The molecule has 2 heterocycles. The normalized spacial score (nSPS) is 12.2. The molecule has 3 aromatic rings. The molecule has 0 aliphatic carbocycles. The second-order valence-corrected chi connectivity index (χ2v) is 8.51. The highest BCUT2D eigenvalue weighted by Crippen LogP contribution is 2.38. The predicted molar refractivity (Wildman–Crippen MR) is 115 cm³/mol. The SMILES string of the molecule is CCSc1cc(CCc2ccccc2)cnc1-c1cnc(CCC(F)(F)C(F)(F)F)cn1. The van der Waals surface area contributed by atoms with E-state index in [1.165, 1.54) is 18.0 Å². The Morgan fingerprint density at radius 1 is 0.812 bits per heavy atom. The average Bonchev–Trinajstić information content (AvgIpc) is 2.77. The van der Waals surface area contributed by atoms with E-state index in [1.54, 1.807) is 18.0 Å². The lowest BCUT2D eigenvalue weighted by molar-refractivity contribution is -0.284. The lowest BCUT2D eigenvalue weighted by Crippen LogP contribution is -2.36. The standard InChI is InChI=1S/C23H22F5N3S/c1-2-32-20-12-17(9-8-16-6-4-3-5-7-16)13-31-21(20)19-15-29-18(14-30-19)10-11-22(24,25)23(26,27)28/h3-7,12-15H,2,8-11H2,1H3. The number of hydrogen-bond donors (Lipinski definition) is 0. The molecule has 0 unspecified atom stereocenters. The third-order valence-electron chi connectivity index (χ3n) is 4.81. The van der Waals surface area contributed by atoms with Crippen LogP contribution in [0.15, 0.2) is 59.9 Å². The van der Waals surface area contributed by atoms with Crippen molar-refractivity contribution in [1.82, 2.24) is 15.0 Å². The van der Waals surface area contributed by atoms with Crippen molar-refractivity contribution in [3.8, 4) is 11.4 Å². The van der Waals surface area contributed by atoms with Crippen molar-refractivity contribution < 1.29 is 22.0 Å². The fourth-order valence-electron chi connectivity index (χ4n) is 3.05. The van der Waals surface area contributed by atoms with Crippen LogP contribution in [0.4, 0.5) is 22.0 Å². The molecule has 0 saturated carbocycles. The Morgan fingerprint density at radius 2 is 1.53 bits per heavy atom. The minimum absolute atomic E-state index is 0.0712. The van der Waals surface area contributed by atoms with Gasteiger partial charge in [-0.2, -0.15) is 22.0 Å². The first kappa shape index (κ1) is 24.1. The maximum Gasteiger partial charge on any atom is 0.453 e. The summed E-state index contributed by atoms with van der Waals surface area (Å²) in [6, 6.07) is 12.2. The Labute approximate surface area is 187 Å². The molecule has 0 spiro atoms. The number of nitrogens with zero attached hydrogens (tertiary/aromatic N) is 3. The van der Waals surface area contributed by atoms with Crippen LogP contribution in [0.2, 0.25) is 0 Å². The quantitative estimate of drug-likeness (QED) is 0.264. The Morgan fingerprint density at radius 3 is 2.16 bits per heavy atom. The van der Waals surface area contributed by atoms with Gasteiger partial charge in [-0.15, -0.1) is 11.8 Å². The van der Waals surface area contributed by atoms with Gasteiger partial charge >= 0.3 is 12.1 Å². The molecule has 32 heavy (non-hydrogen) atoms. The summed E-state index contributed by atoms with van der Waals surface area (Å²) >= 11 is 1.60. The molecule has 0 saturated heterocycles. The van der Waals surface area contributed by atoms with Crippen LogP contribution in [0.25, 0.3) is 11.4 Å². The third-order valence-corrected chi connectivity index (χ3v) is 5.72. The number of thioether (sulfide) groups is 1. The van der Waals surface area contributed by atoms with Crippen molar-refractivity contribution in [2.45, 2.75) is 49.6 Å². The first-order chi connectivity index (χ1) is 15.2. The van der Waals surface area contributed by atoms with Gasteiger partial charge in [-0.1, -0.05) is 37.3 Å². The first-order valence-corrected chi connectivity index (χ1v) is 11.1. The van der Waals surface area contributed by atoms with Gasteiger partial charge in [0.1, 0.15) is 11.4 Å². The number of pyridine rings is 1. The van der Waals surface area contributed by atoms with Crippen LogP contribution >= 0.6 is 11.8 Å². The molecule has 170 valence electrons. The van der Waals surface area contributed by atoms with E-state index in [0.717, 1.165) is 29.1 Å². The number of halogens is 5. The average molecular weight is 468 g/mol. The summed E-state index contributed by atoms with van der Waals surface area (Å²) in [5, 5.41) is 0. The lowest BCUT2D eigenvalue weighted by atomic mass is 10.1. The minimum atomic E-state index is -5.57. The Bertz CT molecular complexity index is 1010. The number of benzene rings is 1. The minimum Gasteiger partial charge on any atom is -0.257 e. The molecule has 3 nitrogen and oxygen atoms in total. The van der Waals surface area contributed by atoms with E-state index in [0.29, 0.717) is 11.4 Å². The van der Waals surface area contributed by atoms with Crippen LogP contribution in [-0.2, 0) is 19.3 Å². The maximum atomic E-state index is 13.1. The topological polar surface area (TPSA) is 38.7 Å². The van der Waals surface area contributed by atoms with E-state index in [2.05, 4.69) is 33.2 Å². The van der Waals surface area contributed by atoms with Crippen molar-refractivity contribution >= 4 is 11.8 Å². The van der Waals surface area contributed by atoms with E-state index < -0.39 is 24.9 Å². The second-order valence-electron chi connectivity index (χ2n) is 7.20. The number of hydrogen-bond acceptors (Lipinski definition) is 4. The van der Waals surface area contributed by atoms with Gasteiger partial charge in [0.2, 0.25) is 0 Å². The molecule has 0 fully saturated rings. The molecule has 0 aliphatic rings. The van der Waals surface area contributed by atoms with E-state index in [4.69, 9.17) is 0 Å². The third kappa shape index (κ3) is 6.25. The summed E-state index contributed by atoms with van der Waals surface area (Å²) < 4.78 is 63.2. The Balaban J connectivity index is 1.72. The molecule has 0 radical (unpaired) electrons. The second kappa shape index (κ2) is 10.4. The zero-order valence-corrected chi connectivity index (χ0v) is 18.2. The molecule has 3 rings (SSSR count). The van der Waals surface area contributed by atoms with Gasteiger partial charge < -0.3 is 0 Å². The fraction of sp³-hybridized carbons (Fsp3) is 0.348. The highest BCUT2D eigenvalue weighted by molar-refractivity contribution is 7.99. The van der Waals surface area contributed by atoms with E-state index >= 15 is 0 Å².